The predicted octanol–water partition coefficient (Wildman–Crippen LogP) is 3.42. The first kappa shape index (κ1) is 14.8. The third kappa shape index (κ3) is 3.28. The molecule has 2 rings (SSSR count). The first-order valence-electron chi connectivity index (χ1n) is 7.27. The fourth-order valence-electron chi connectivity index (χ4n) is 2.40. The number of rotatable bonds is 7. The van der Waals surface area contributed by atoms with Gasteiger partial charge in [-0.2, -0.15) is 0 Å². The Morgan fingerprint density at radius 2 is 2.20 bits per heavy atom. The summed E-state index contributed by atoms with van der Waals surface area (Å²) in [5, 5.41) is 20.9. The van der Waals surface area contributed by atoms with Crippen molar-refractivity contribution in [2.75, 3.05) is 11.4 Å². The molecule has 1 aromatic carbocycles. The van der Waals surface area contributed by atoms with Crippen LogP contribution in [0.25, 0.3) is 0 Å². The molecule has 1 saturated carbocycles. The van der Waals surface area contributed by atoms with Crippen molar-refractivity contribution < 1.29 is 10.0 Å². The third-order valence-electron chi connectivity index (χ3n) is 3.73. The third-order valence-corrected chi connectivity index (χ3v) is 3.73. The lowest BCUT2D eigenvalue weighted by Crippen LogP contribution is -2.27. The van der Waals surface area contributed by atoms with E-state index in [1.54, 1.807) is 19.1 Å². The number of nitro benzene ring substituents is 1. The summed E-state index contributed by atoms with van der Waals surface area (Å²) in [4.78, 5) is 13.1. The van der Waals surface area contributed by atoms with Crippen molar-refractivity contribution in [1.29, 1.82) is 0 Å². The van der Waals surface area contributed by atoms with E-state index in [1.807, 2.05) is 0 Å². The van der Waals surface area contributed by atoms with Crippen molar-refractivity contribution in [2.45, 2.75) is 51.7 Å². The van der Waals surface area contributed by atoms with Crippen molar-refractivity contribution >= 4 is 11.4 Å². The van der Waals surface area contributed by atoms with Gasteiger partial charge in [-0.15, -0.1) is 0 Å². The summed E-state index contributed by atoms with van der Waals surface area (Å²) in [6, 6.07) is 5.52. The fraction of sp³-hybridized carbons (Fsp3) is 0.600. The summed E-state index contributed by atoms with van der Waals surface area (Å²) in [5.74, 6) is 0. The van der Waals surface area contributed by atoms with Gasteiger partial charge in [0, 0.05) is 18.7 Å². The SMILES string of the molecule is CCCCN(c1ccc([C@@H](C)O)cc1[N+](=O)[O-])C1CC1. The van der Waals surface area contributed by atoms with E-state index < -0.39 is 6.10 Å². The van der Waals surface area contributed by atoms with Gasteiger partial charge in [0.1, 0.15) is 5.69 Å². The van der Waals surface area contributed by atoms with Gasteiger partial charge in [-0.1, -0.05) is 19.4 Å². The molecule has 1 aliphatic carbocycles. The number of anilines is 1. The highest BCUT2D eigenvalue weighted by Gasteiger charge is 2.32. The van der Waals surface area contributed by atoms with Gasteiger partial charge in [-0.3, -0.25) is 10.1 Å². The summed E-state index contributed by atoms with van der Waals surface area (Å²) in [6.07, 6.45) is 3.64. The highest BCUT2D eigenvalue weighted by atomic mass is 16.6. The number of hydrogen-bond donors (Lipinski definition) is 1. The molecule has 0 saturated heterocycles. The summed E-state index contributed by atoms with van der Waals surface area (Å²) in [6.45, 7) is 4.60. The monoisotopic (exact) mass is 278 g/mol. The van der Waals surface area contributed by atoms with E-state index in [-0.39, 0.29) is 10.6 Å². The molecule has 1 fully saturated rings. The average molecular weight is 278 g/mol. The fourth-order valence-corrected chi connectivity index (χ4v) is 2.40. The van der Waals surface area contributed by atoms with Crippen LogP contribution < -0.4 is 4.90 Å². The standard InChI is InChI=1S/C15H22N2O3/c1-3-4-9-16(13-6-7-13)14-8-5-12(11(2)18)10-15(14)17(19)20/h5,8,10-11,13,18H,3-4,6-7,9H2,1-2H3/t11-/m1/s1. The molecule has 0 bridgehead atoms. The Kier molecular flexibility index (Phi) is 4.60. The van der Waals surface area contributed by atoms with Gasteiger partial charge in [0.2, 0.25) is 0 Å². The second kappa shape index (κ2) is 6.22. The van der Waals surface area contributed by atoms with Crippen LogP contribution in [0.1, 0.15) is 51.2 Å². The average Bonchev–Trinajstić information content (AvgIpc) is 3.23. The smallest absolute Gasteiger partial charge is 0.292 e. The van der Waals surface area contributed by atoms with Crippen molar-refractivity contribution in [2.24, 2.45) is 0 Å². The summed E-state index contributed by atoms with van der Waals surface area (Å²) < 4.78 is 0. The molecule has 1 N–H and O–H groups in total. The van der Waals surface area contributed by atoms with Gasteiger partial charge in [-0.05, 0) is 37.8 Å². The topological polar surface area (TPSA) is 66.6 Å². The van der Waals surface area contributed by atoms with E-state index in [2.05, 4.69) is 11.8 Å². The van der Waals surface area contributed by atoms with E-state index in [0.717, 1.165) is 32.2 Å². The van der Waals surface area contributed by atoms with Gasteiger partial charge in [0.25, 0.3) is 5.69 Å². The van der Waals surface area contributed by atoms with Gasteiger partial charge in [-0.25, -0.2) is 0 Å². The quantitative estimate of drug-likeness (QED) is 0.613. The molecule has 110 valence electrons. The molecule has 0 amide bonds. The highest BCUT2D eigenvalue weighted by molar-refractivity contribution is 5.65. The van der Waals surface area contributed by atoms with Crippen LogP contribution in [0.2, 0.25) is 0 Å². The van der Waals surface area contributed by atoms with Crippen molar-refractivity contribution in [3.05, 3.63) is 33.9 Å². The Morgan fingerprint density at radius 1 is 1.50 bits per heavy atom. The van der Waals surface area contributed by atoms with Gasteiger partial charge in [0.05, 0.1) is 11.0 Å². The van der Waals surface area contributed by atoms with E-state index in [4.69, 9.17) is 0 Å². The Hall–Kier alpha value is -1.62. The summed E-state index contributed by atoms with van der Waals surface area (Å²) >= 11 is 0. The van der Waals surface area contributed by atoms with Crippen LogP contribution in [0, 0.1) is 10.1 Å². The van der Waals surface area contributed by atoms with Crippen LogP contribution in [0.15, 0.2) is 18.2 Å². The molecule has 0 spiro atoms. The zero-order valence-electron chi connectivity index (χ0n) is 12.1. The summed E-state index contributed by atoms with van der Waals surface area (Å²) in [7, 11) is 0. The molecule has 1 aromatic rings. The minimum atomic E-state index is -0.687. The number of aliphatic hydroxyl groups excluding tert-OH is 1. The molecule has 1 aliphatic rings. The van der Waals surface area contributed by atoms with Crippen molar-refractivity contribution in [1.82, 2.24) is 0 Å². The first-order valence-corrected chi connectivity index (χ1v) is 7.27. The molecule has 20 heavy (non-hydrogen) atoms. The van der Waals surface area contributed by atoms with Crippen molar-refractivity contribution in [3.8, 4) is 0 Å². The number of nitro groups is 1. The van der Waals surface area contributed by atoms with Gasteiger partial charge in [0.15, 0.2) is 0 Å². The molecule has 0 aromatic heterocycles. The number of hydrogen-bond acceptors (Lipinski definition) is 4. The number of nitrogens with zero attached hydrogens (tertiary/aromatic N) is 2. The Labute approximate surface area is 119 Å². The van der Waals surface area contributed by atoms with Gasteiger partial charge >= 0.3 is 0 Å². The normalized spacial score (nSPS) is 15.9. The largest absolute Gasteiger partial charge is 0.389 e. The lowest BCUT2D eigenvalue weighted by molar-refractivity contribution is -0.384. The second-order valence-corrected chi connectivity index (χ2v) is 5.46. The maximum absolute atomic E-state index is 11.3. The lowest BCUT2D eigenvalue weighted by Gasteiger charge is -2.24. The van der Waals surface area contributed by atoms with Crippen LogP contribution in [-0.4, -0.2) is 22.6 Å². The molecule has 0 aliphatic heterocycles. The highest BCUT2D eigenvalue weighted by Crippen LogP contribution is 2.38. The van der Waals surface area contributed by atoms with Crippen LogP contribution in [0.5, 0.6) is 0 Å². The van der Waals surface area contributed by atoms with Crippen LogP contribution >= 0.6 is 0 Å². The Bertz CT molecular complexity index is 484. The van der Waals surface area contributed by atoms with E-state index >= 15 is 0 Å². The molecule has 0 unspecified atom stereocenters. The van der Waals surface area contributed by atoms with Crippen molar-refractivity contribution in [3.63, 3.8) is 0 Å². The minimum Gasteiger partial charge on any atom is -0.389 e. The second-order valence-electron chi connectivity index (χ2n) is 5.46. The molecular formula is C15H22N2O3. The molecule has 5 nitrogen and oxygen atoms in total. The number of unbranched alkanes of at least 4 members (excludes halogenated alkanes) is 1. The zero-order chi connectivity index (χ0) is 14.7. The maximum atomic E-state index is 11.3. The van der Waals surface area contributed by atoms with E-state index in [0.29, 0.717) is 17.3 Å². The zero-order valence-corrected chi connectivity index (χ0v) is 12.1. The maximum Gasteiger partial charge on any atom is 0.292 e. The molecular weight excluding hydrogens is 256 g/mol. The van der Waals surface area contributed by atoms with Gasteiger partial charge < -0.3 is 10.0 Å². The van der Waals surface area contributed by atoms with Crippen LogP contribution in [0.4, 0.5) is 11.4 Å². The Balaban J connectivity index is 2.34. The number of benzene rings is 1. The molecule has 0 heterocycles. The first-order chi connectivity index (χ1) is 9.54. The predicted molar refractivity (Wildman–Crippen MR) is 79.0 cm³/mol. The van der Waals surface area contributed by atoms with Crippen LogP contribution in [-0.2, 0) is 0 Å². The molecule has 1 atom stereocenters. The number of aliphatic hydroxyl groups is 1. The molecule has 0 radical (unpaired) electrons. The Morgan fingerprint density at radius 3 is 2.70 bits per heavy atom. The van der Waals surface area contributed by atoms with Crippen LogP contribution in [0.3, 0.4) is 0 Å². The van der Waals surface area contributed by atoms with E-state index in [9.17, 15) is 15.2 Å². The summed E-state index contributed by atoms with van der Waals surface area (Å²) in [5.41, 5.74) is 1.38. The minimum absolute atomic E-state index is 0.103. The lowest BCUT2D eigenvalue weighted by atomic mass is 10.1. The van der Waals surface area contributed by atoms with E-state index in [1.165, 1.54) is 6.07 Å². The molecule has 5 heteroatoms.